The van der Waals surface area contributed by atoms with Crippen LogP contribution in [0.5, 0.6) is 5.75 Å². The van der Waals surface area contributed by atoms with E-state index < -0.39 is 6.04 Å². The van der Waals surface area contributed by atoms with Crippen LogP contribution in [0.4, 0.5) is 0 Å². The van der Waals surface area contributed by atoms with Gasteiger partial charge in [-0.25, -0.2) is 0 Å². The molecule has 5 nitrogen and oxygen atoms in total. The van der Waals surface area contributed by atoms with Crippen LogP contribution in [-0.4, -0.2) is 43.0 Å². The lowest BCUT2D eigenvalue weighted by molar-refractivity contribution is -0.136. The normalized spacial score (nSPS) is 15.8. The van der Waals surface area contributed by atoms with E-state index >= 15 is 0 Å². The Morgan fingerprint density at radius 1 is 1.25 bits per heavy atom. The highest BCUT2D eigenvalue weighted by Crippen LogP contribution is 2.28. The molecule has 0 aromatic heterocycles. The summed E-state index contributed by atoms with van der Waals surface area (Å²) in [4.78, 5) is 25.8. The molecule has 2 amide bonds. The smallest absolute Gasteiger partial charge is 0.245 e. The topological polar surface area (TPSA) is 58.6 Å². The van der Waals surface area contributed by atoms with Gasteiger partial charge in [0, 0.05) is 14.0 Å². The number of likely N-dealkylation sites (N-methyl/N-ethyl adjacent to an activating group) is 1. The number of carbonyl (C=O) groups is 2. The van der Waals surface area contributed by atoms with Gasteiger partial charge in [0.2, 0.25) is 11.8 Å². The van der Waals surface area contributed by atoms with Crippen LogP contribution in [0.1, 0.15) is 38.2 Å². The average Bonchev–Trinajstić information content (AvgIpc) is 3.07. The number of aryl methyl sites for hydroxylation is 1. The van der Waals surface area contributed by atoms with Gasteiger partial charge in [-0.05, 0) is 37.8 Å². The first kappa shape index (κ1) is 18.3. The summed E-state index contributed by atoms with van der Waals surface area (Å²) < 4.78 is 5.69. The first-order valence-corrected chi connectivity index (χ1v) is 8.69. The number of amides is 2. The third kappa shape index (κ3) is 5.25. The lowest BCUT2D eigenvalue weighted by Gasteiger charge is -2.28. The fourth-order valence-electron chi connectivity index (χ4n) is 3.17. The Hall–Kier alpha value is -2.04. The van der Waals surface area contributed by atoms with E-state index in [1.165, 1.54) is 12.5 Å². The molecule has 1 atom stereocenters. The quantitative estimate of drug-likeness (QED) is 0.835. The number of hydrogen-bond donors (Lipinski definition) is 1. The lowest BCUT2D eigenvalue weighted by Crippen LogP contribution is -2.51. The van der Waals surface area contributed by atoms with Gasteiger partial charge in [0.1, 0.15) is 18.4 Å². The molecule has 0 saturated heterocycles. The van der Waals surface area contributed by atoms with Crippen LogP contribution in [-0.2, 0) is 9.59 Å². The molecular formula is C19H28N2O3. The Balaban J connectivity index is 1.86. The molecule has 1 aliphatic carbocycles. The van der Waals surface area contributed by atoms with E-state index in [0.717, 1.165) is 31.4 Å². The molecule has 1 unspecified atom stereocenters. The Morgan fingerprint density at radius 2 is 1.88 bits per heavy atom. The fourth-order valence-corrected chi connectivity index (χ4v) is 3.17. The van der Waals surface area contributed by atoms with E-state index in [2.05, 4.69) is 5.32 Å². The van der Waals surface area contributed by atoms with Crippen molar-refractivity contribution in [3.8, 4) is 5.75 Å². The summed E-state index contributed by atoms with van der Waals surface area (Å²) in [6.45, 7) is 4.43. The van der Waals surface area contributed by atoms with Crippen LogP contribution in [0.3, 0.4) is 0 Å². The molecule has 24 heavy (non-hydrogen) atoms. The number of hydrogen-bond acceptors (Lipinski definition) is 3. The second-order valence-corrected chi connectivity index (χ2v) is 6.64. The van der Waals surface area contributed by atoms with Crippen LogP contribution < -0.4 is 10.1 Å². The predicted octanol–water partition coefficient (Wildman–Crippen LogP) is 2.53. The number of carbonyl (C=O) groups excluding carboxylic acids is 2. The monoisotopic (exact) mass is 332 g/mol. The molecule has 0 bridgehead atoms. The molecular weight excluding hydrogens is 304 g/mol. The van der Waals surface area contributed by atoms with Gasteiger partial charge in [-0.15, -0.1) is 0 Å². The zero-order valence-corrected chi connectivity index (χ0v) is 14.9. The van der Waals surface area contributed by atoms with Crippen LogP contribution in [0.25, 0.3) is 0 Å². The van der Waals surface area contributed by atoms with E-state index in [4.69, 9.17) is 4.74 Å². The zero-order valence-electron chi connectivity index (χ0n) is 14.9. The molecule has 1 fully saturated rings. The maximum Gasteiger partial charge on any atom is 0.245 e. The van der Waals surface area contributed by atoms with Gasteiger partial charge in [0.15, 0.2) is 0 Å². The summed E-state index contributed by atoms with van der Waals surface area (Å²) in [7, 11) is 1.77. The molecule has 1 aromatic rings. The van der Waals surface area contributed by atoms with Crippen LogP contribution >= 0.6 is 0 Å². The fraction of sp³-hybridized carbons (Fsp3) is 0.579. The van der Waals surface area contributed by atoms with Gasteiger partial charge in [0.05, 0.1) is 6.54 Å². The standard InChI is InChI=1S/C19H28N2O3/c1-14-8-10-17(11-9-14)24-13-12-21(3)19(23)18(20-15(2)22)16-6-4-5-7-16/h8-11,16,18H,4-7,12-13H2,1-3H3,(H,20,22). The molecule has 0 spiro atoms. The Morgan fingerprint density at radius 3 is 2.46 bits per heavy atom. The van der Waals surface area contributed by atoms with Gasteiger partial charge in [-0.2, -0.15) is 0 Å². The predicted molar refractivity (Wildman–Crippen MR) is 93.9 cm³/mol. The molecule has 132 valence electrons. The van der Waals surface area contributed by atoms with Gasteiger partial charge in [-0.3, -0.25) is 9.59 Å². The van der Waals surface area contributed by atoms with Crippen LogP contribution in [0.15, 0.2) is 24.3 Å². The van der Waals surface area contributed by atoms with Gasteiger partial charge < -0.3 is 15.0 Å². The van der Waals surface area contributed by atoms with Crippen molar-refractivity contribution in [1.82, 2.24) is 10.2 Å². The number of ether oxygens (including phenoxy) is 1. The van der Waals surface area contributed by atoms with Crippen molar-refractivity contribution >= 4 is 11.8 Å². The number of benzene rings is 1. The third-order valence-electron chi connectivity index (χ3n) is 4.59. The van der Waals surface area contributed by atoms with Crippen molar-refractivity contribution in [2.24, 2.45) is 5.92 Å². The summed E-state index contributed by atoms with van der Waals surface area (Å²) in [5.74, 6) is 0.881. The summed E-state index contributed by atoms with van der Waals surface area (Å²) in [5, 5.41) is 2.85. The van der Waals surface area contributed by atoms with E-state index in [1.54, 1.807) is 11.9 Å². The summed E-state index contributed by atoms with van der Waals surface area (Å²) in [6, 6.07) is 7.44. The second kappa shape index (κ2) is 8.71. The van der Waals surface area contributed by atoms with Crippen molar-refractivity contribution in [2.75, 3.05) is 20.2 Å². The molecule has 0 heterocycles. The average molecular weight is 332 g/mol. The molecule has 1 aromatic carbocycles. The van der Waals surface area contributed by atoms with E-state index in [-0.39, 0.29) is 17.7 Å². The summed E-state index contributed by atoms with van der Waals surface area (Å²) in [6.07, 6.45) is 4.28. The third-order valence-corrected chi connectivity index (χ3v) is 4.59. The van der Waals surface area contributed by atoms with E-state index in [1.807, 2.05) is 31.2 Å². The van der Waals surface area contributed by atoms with E-state index in [9.17, 15) is 9.59 Å². The maximum atomic E-state index is 12.7. The molecule has 1 N–H and O–H groups in total. The van der Waals surface area contributed by atoms with Crippen molar-refractivity contribution in [3.63, 3.8) is 0 Å². The highest BCUT2D eigenvalue weighted by Gasteiger charge is 2.32. The molecule has 5 heteroatoms. The first-order valence-electron chi connectivity index (χ1n) is 8.69. The van der Waals surface area contributed by atoms with Crippen molar-refractivity contribution in [3.05, 3.63) is 29.8 Å². The molecule has 1 aliphatic rings. The minimum atomic E-state index is -0.408. The number of nitrogens with zero attached hydrogens (tertiary/aromatic N) is 1. The Kier molecular flexibility index (Phi) is 6.64. The lowest BCUT2D eigenvalue weighted by atomic mass is 9.97. The first-order chi connectivity index (χ1) is 11.5. The molecule has 1 saturated carbocycles. The number of nitrogens with one attached hydrogen (secondary N) is 1. The zero-order chi connectivity index (χ0) is 17.5. The highest BCUT2D eigenvalue weighted by atomic mass is 16.5. The van der Waals surface area contributed by atoms with Gasteiger partial charge in [0.25, 0.3) is 0 Å². The van der Waals surface area contributed by atoms with Crippen molar-refractivity contribution in [1.29, 1.82) is 0 Å². The number of rotatable bonds is 7. The largest absolute Gasteiger partial charge is 0.492 e. The Labute approximate surface area is 144 Å². The molecule has 2 rings (SSSR count). The van der Waals surface area contributed by atoms with Crippen molar-refractivity contribution in [2.45, 2.75) is 45.6 Å². The summed E-state index contributed by atoms with van der Waals surface area (Å²) in [5.41, 5.74) is 1.18. The molecule has 0 radical (unpaired) electrons. The van der Waals surface area contributed by atoms with E-state index in [0.29, 0.717) is 13.2 Å². The van der Waals surface area contributed by atoms with Crippen LogP contribution in [0, 0.1) is 12.8 Å². The summed E-state index contributed by atoms with van der Waals surface area (Å²) >= 11 is 0. The maximum absolute atomic E-state index is 12.7. The van der Waals surface area contributed by atoms with Gasteiger partial charge in [-0.1, -0.05) is 30.5 Å². The second-order valence-electron chi connectivity index (χ2n) is 6.64. The van der Waals surface area contributed by atoms with Crippen LogP contribution in [0.2, 0.25) is 0 Å². The molecule has 0 aliphatic heterocycles. The SMILES string of the molecule is CC(=O)NC(C(=O)N(C)CCOc1ccc(C)cc1)C1CCCC1. The van der Waals surface area contributed by atoms with Crippen molar-refractivity contribution < 1.29 is 14.3 Å². The minimum Gasteiger partial charge on any atom is -0.492 e. The minimum absolute atomic E-state index is 0.0235. The highest BCUT2D eigenvalue weighted by molar-refractivity contribution is 5.87. The Bertz CT molecular complexity index is 550. The van der Waals surface area contributed by atoms with Gasteiger partial charge >= 0.3 is 0 Å².